The smallest absolute Gasteiger partial charge is 0.221 e. The first-order valence-corrected chi connectivity index (χ1v) is 5.56. The van der Waals surface area contributed by atoms with E-state index in [2.05, 4.69) is 10.1 Å². The standard InChI is InChI=1S/C12H13ClN4/c1-8-3-4-10(11(13)5-8)6-15-17-7-9(2)16-12(17)14/h3-7H,1-2H3,(H2,14,16). The lowest BCUT2D eigenvalue weighted by Gasteiger charge is -1.99. The van der Waals surface area contributed by atoms with Gasteiger partial charge < -0.3 is 5.73 Å². The van der Waals surface area contributed by atoms with E-state index in [9.17, 15) is 0 Å². The first kappa shape index (κ1) is 11.7. The fraction of sp³-hybridized carbons (Fsp3) is 0.167. The van der Waals surface area contributed by atoms with Crippen LogP contribution in [0.25, 0.3) is 0 Å². The maximum absolute atomic E-state index is 6.09. The Labute approximate surface area is 105 Å². The molecule has 1 aromatic carbocycles. The predicted octanol–water partition coefficient (Wildman–Crippen LogP) is 2.62. The van der Waals surface area contributed by atoms with Gasteiger partial charge in [0, 0.05) is 10.6 Å². The number of aryl methyl sites for hydroxylation is 2. The third kappa shape index (κ3) is 2.65. The lowest BCUT2D eigenvalue weighted by molar-refractivity contribution is 0.897. The lowest BCUT2D eigenvalue weighted by Crippen LogP contribution is -1.97. The monoisotopic (exact) mass is 248 g/mol. The number of hydrogen-bond acceptors (Lipinski definition) is 3. The number of nitrogens with two attached hydrogens (primary N) is 1. The largest absolute Gasteiger partial charge is 0.368 e. The van der Waals surface area contributed by atoms with Crippen LogP contribution in [0.2, 0.25) is 5.02 Å². The molecule has 0 saturated carbocycles. The summed E-state index contributed by atoms with van der Waals surface area (Å²) in [6.45, 7) is 3.85. The van der Waals surface area contributed by atoms with Crippen molar-refractivity contribution in [3.05, 3.63) is 46.2 Å². The fourth-order valence-corrected chi connectivity index (χ4v) is 1.74. The molecule has 0 amide bonds. The summed E-state index contributed by atoms with van der Waals surface area (Å²) in [6, 6.07) is 5.79. The first-order chi connectivity index (χ1) is 8.06. The van der Waals surface area contributed by atoms with Gasteiger partial charge in [-0.25, -0.2) is 9.66 Å². The highest BCUT2D eigenvalue weighted by Crippen LogP contribution is 2.15. The summed E-state index contributed by atoms with van der Waals surface area (Å²) in [6.07, 6.45) is 3.42. The van der Waals surface area contributed by atoms with Crippen LogP contribution in [0.3, 0.4) is 0 Å². The number of benzene rings is 1. The van der Waals surface area contributed by atoms with Gasteiger partial charge in [-0.05, 0) is 25.5 Å². The molecule has 4 nitrogen and oxygen atoms in total. The molecule has 88 valence electrons. The van der Waals surface area contributed by atoms with Crippen molar-refractivity contribution in [1.82, 2.24) is 9.66 Å². The van der Waals surface area contributed by atoms with Crippen LogP contribution in [-0.2, 0) is 0 Å². The van der Waals surface area contributed by atoms with Crippen molar-refractivity contribution in [2.45, 2.75) is 13.8 Å². The summed E-state index contributed by atoms with van der Waals surface area (Å²) in [5.74, 6) is 0.363. The van der Waals surface area contributed by atoms with E-state index in [1.165, 1.54) is 4.68 Å². The molecule has 2 rings (SSSR count). The zero-order valence-corrected chi connectivity index (χ0v) is 10.4. The first-order valence-electron chi connectivity index (χ1n) is 5.18. The van der Waals surface area contributed by atoms with Crippen LogP contribution in [-0.4, -0.2) is 15.9 Å². The summed E-state index contributed by atoms with van der Waals surface area (Å²) < 4.78 is 1.52. The molecule has 1 heterocycles. The second kappa shape index (κ2) is 4.59. The number of halogens is 1. The van der Waals surface area contributed by atoms with E-state index in [-0.39, 0.29) is 0 Å². The second-order valence-electron chi connectivity index (χ2n) is 3.85. The van der Waals surface area contributed by atoms with E-state index in [4.69, 9.17) is 17.3 Å². The molecular formula is C12H13ClN4. The molecule has 0 aliphatic rings. The topological polar surface area (TPSA) is 56.2 Å². The van der Waals surface area contributed by atoms with Crippen LogP contribution < -0.4 is 5.73 Å². The molecule has 2 N–H and O–H groups in total. The van der Waals surface area contributed by atoms with Crippen molar-refractivity contribution >= 4 is 23.8 Å². The summed E-state index contributed by atoms with van der Waals surface area (Å²) in [5, 5.41) is 4.88. The SMILES string of the molecule is Cc1ccc(C=Nn2cc(C)nc2N)c(Cl)c1. The van der Waals surface area contributed by atoms with Gasteiger partial charge in [0.25, 0.3) is 0 Å². The average molecular weight is 249 g/mol. The van der Waals surface area contributed by atoms with Crippen LogP contribution in [0.1, 0.15) is 16.8 Å². The molecule has 0 atom stereocenters. The van der Waals surface area contributed by atoms with Crippen molar-refractivity contribution < 1.29 is 0 Å². The van der Waals surface area contributed by atoms with Gasteiger partial charge >= 0.3 is 0 Å². The number of nitrogen functional groups attached to an aromatic ring is 1. The number of imidazole rings is 1. The van der Waals surface area contributed by atoms with E-state index < -0.39 is 0 Å². The average Bonchev–Trinajstić information content (AvgIpc) is 2.56. The van der Waals surface area contributed by atoms with Crippen molar-refractivity contribution in [2.75, 3.05) is 5.73 Å². The Morgan fingerprint density at radius 2 is 2.18 bits per heavy atom. The number of hydrogen-bond donors (Lipinski definition) is 1. The van der Waals surface area contributed by atoms with Crippen molar-refractivity contribution in [1.29, 1.82) is 0 Å². The number of nitrogens with zero attached hydrogens (tertiary/aromatic N) is 3. The minimum Gasteiger partial charge on any atom is -0.368 e. The van der Waals surface area contributed by atoms with E-state index in [1.54, 1.807) is 12.4 Å². The molecule has 1 aromatic heterocycles. The Bertz CT molecular complexity index is 572. The van der Waals surface area contributed by atoms with E-state index in [0.717, 1.165) is 16.8 Å². The molecule has 0 bridgehead atoms. The van der Waals surface area contributed by atoms with Gasteiger partial charge in [-0.15, -0.1) is 0 Å². The molecule has 0 fully saturated rings. The van der Waals surface area contributed by atoms with E-state index in [1.807, 2.05) is 32.0 Å². The molecular weight excluding hydrogens is 236 g/mol. The lowest BCUT2D eigenvalue weighted by atomic mass is 10.2. The van der Waals surface area contributed by atoms with E-state index >= 15 is 0 Å². The van der Waals surface area contributed by atoms with Crippen LogP contribution >= 0.6 is 11.6 Å². The highest BCUT2D eigenvalue weighted by molar-refractivity contribution is 6.33. The van der Waals surface area contributed by atoms with Crippen molar-refractivity contribution in [3.63, 3.8) is 0 Å². The van der Waals surface area contributed by atoms with Gasteiger partial charge in [-0.2, -0.15) is 5.10 Å². The van der Waals surface area contributed by atoms with Crippen molar-refractivity contribution in [3.8, 4) is 0 Å². The van der Waals surface area contributed by atoms with Gasteiger partial charge in [0.1, 0.15) is 0 Å². The molecule has 0 aliphatic heterocycles. The number of aromatic nitrogens is 2. The Hall–Kier alpha value is -1.81. The Morgan fingerprint density at radius 3 is 2.76 bits per heavy atom. The van der Waals surface area contributed by atoms with Gasteiger partial charge in [-0.1, -0.05) is 23.7 Å². The maximum atomic E-state index is 6.09. The van der Waals surface area contributed by atoms with Gasteiger partial charge in [0.15, 0.2) is 0 Å². The van der Waals surface area contributed by atoms with Crippen molar-refractivity contribution in [2.24, 2.45) is 5.10 Å². The number of rotatable bonds is 2. The van der Waals surface area contributed by atoms with Crippen LogP contribution in [0.5, 0.6) is 0 Å². The molecule has 0 unspecified atom stereocenters. The zero-order valence-electron chi connectivity index (χ0n) is 9.68. The molecule has 0 radical (unpaired) electrons. The van der Waals surface area contributed by atoms with Gasteiger partial charge in [-0.3, -0.25) is 0 Å². The van der Waals surface area contributed by atoms with Gasteiger partial charge in [0.05, 0.1) is 18.1 Å². The Morgan fingerprint density at radius 1 is 1.41 bits per heavy atom. The predicted molar refractivity (Wildman–Crippen MR) is 70.6 cm³/mol. The van der Waals surface area contributed by atoms with Crippen LogP contribution in [0, 0.1) is 13.8 Å². The molecule has 0 spiro atoms. The summed E-state index contributed by atoms with van der Waals surface area (Å²) in [4.78, 5) is 4.05. The van der Waals surface area contributed by atoms with E-state index in [0.29, 0.717) is 11.0 Å². The molecule has 17 heavy (non-hydrogen) atoms. The third-order valence-electron chi connectivity index (χ3n) is 2.31. The van der Waals surface area contributed by atoms with Crippen LogP contribution in [0.4, 0.5) is 5.95 Å². The summed E-state index contributed by atoms with van der Waals surface area (Å²) in [7, 11) is 0. The zero-order chi connectivity index (χ0) is 12.4. The summed E-state index contributed by atoms with van der Waals surface area (Å²) >= 11 is 6.09. The Balaban J connectivity index is 2.29. The summed E-state index contributed by atoms with van der Waals surface area (Å²) in [5.41, 5.74) is 8.47. The molecule has 0 aliphatic carbocycles. The second-order valence-corrected chi connectivity index (χ2v) is 4.26. The third-order valence-corrected chi connectivity index (χ3v) is 2.64. The minimum absolute atomic E-state index is 0.363. The highest BCUT2D eigenvalue weighted by Gasteiger charge is 2.00. The van der Waals surface area contributed by atoms with Gasteiger partial charge in [0.2, 0.25) is 5.95 Å². The molecule has 0 saturated heterocycles. The highest BCUT2D eigenvalue weighted by atomic mass is 35.5. The minimum atomic E-state index is 0.363. The quantitative estimate of drug-likeness (QED) is 0.831. The normalized spacial score (nSPS) is 11.2. The fourth-order valence-electron chi connectivity index (χ4n) is 1.46. The number of anilines is 1. The molecule has 5 heteroatoms. The Kier molecular flexibility index (Phi) is 3.15. The molecule has 2 aromatic rings. The van der Waals surface area contributed by atoms with Crippen LogP contribution in [0.15, 0.2) is 29.5 Å². The maximum Gasteiger partial charge on any atom is 0.221 e.